The summed E-state index contributed by atoms with van der Waals surface area (Å²) in [5.74, 6) is 1.14. The summed E-state index contributed by atoms with van der Waals surface area (Å²) in [6.45, 7) is 13.0. The molecule has 2 heterocycles. The van der Waals surface area contributed by atoms with E-state index in [1.165, 1.54) is 5.56 Å². The van der Waals surface area contributed by atoms with Gasteiger partial charge in [-0.05, 0) is 17.4 Å². The van der Waals surface area contributed by atoms with E-state index in [0.717, 1.165) is 19.6 Å². The molecule has 1 N–H and O–H groups in total. The van der Waals surface area contributed by atoms with Crippen LogP contribution in [-0.2, 0) is 16.1 Å². The first-order chi connectivity index (χ1) is 13.3. The van der Waals surface area contributed by atoms with Crippen molar-refractivity contribution in [2.45, 2.75) is 40.7 Å². The van der Waals surface area contributed by atoms with Crippen LogP contribution in [0.3, 0.4) is 0 Å². The number of hydrogen-bond acceptors (Lipinski definition) is 3. The van der Waals surface area contributed by atoms with Crippen molar-refractivity contribution >= 4 is 11.8 Å². The maximum atomic E-state index is 13.0. The van der Waals surface area contributed by atoms with Crippen LogP contribution in [0.2, 0.25) is 0 Å². The average Bonchev–Trinajstić information content (AvgIpc) is 2.98. The number of likely N-dealkylation sites (tertiary alicyclic amines) is 2. The van der Waals surface area contributed by atoms with Gasteiger partial charge in [0.2, 0.25) is 11.8 Å². The number of benzene rings is 1. The van der Waals surface area contributed by atoms with Gasteiger partial charge in [0.25, 0.3) is 0 Å². The molecule has 1 aromatic carbocycles. The summed E-state index contributed by atoms with van der Waals surface area (Å²) in [7, 11) is 0. The van der Waals surface area contributed by atoms with Crippen LogP contribution in [0, 0.1) is 23.2 Å². The Morgan fingerprint density at radius 2 is 1.75 bits per heavy atom. The Balaban J connectivity index is 1.68. The molecule has 1 atom stereocenters. The lowest BCUT2D eigenvalue weighted by atomic mass is 9.71. The second-order valence-electron chi connectivity index (χ2n) is 9.56. The van der Waals surface area contributed by atoms with E-state index in [2.05, 4.69) is 62.2 Å². The predicted octanol–water partition coefficient (Wildman–Crippen LogP) is 2.77. The van der Waals surface area contributed by atoms with Gasteiger partial charge in [0.15, 0.2) is 0 Å². The van der Waals surface area contributed by atoms with Crippen LogP contribution in [0.25, 0.3) is 0 Å². The number of amides is 2. The summed E-state index contributed by atoms with van der Waals surface area (Å²) >= 11 is 0. The van der Waals surface area contributed by atoms with E-state index in [4.69, 9.17) is 0 Å². The molecule has 2 saturated heterocycles. The van der Waals surface area contributed by atoms with Gasteiger partial charge in [-0.15, -0.1) is 0 Å². The molecule has 5 nitrogen and oxygen atoms in total. The maximum Gasteiger partial charge on any atom is 0.225 e. The number of carbonyl (C=O) groups is 2. The molecule has 0 bridgehead atoms. The van der Waals surface area contributed by atoms with E-state index >= 15 is 0 Å². The second-order valence-corrected chi connectivity index (χ2v) is 9.56. The zero-order chi connectivity index (χ0) is 20.3. The molecule has 3 rings (SSSR count). The first kappa shape index (κ1) is 20.8. The van der Waals surface area contributed by atoms with Crippen molar-refractivity contribution in [1.82, 2.24) is 15.1 Å². The molecule has 1 unspecified atom stereocenters. The van der Waals surface area contributed by atoms with Crippen LogP contribution in [0.15, 0.2) is 30.3 Å². The van der Waals surface area contributed by atoms with Gasteiger partial charge in [-0.25, -0.2) is 0 Å². The van der Waals surface area contributed by atoms with Gasteiger partial charge in [-0.3, -0.25) is 14.5 Å². The van der Waals surface area contributed by atoms with Crippen molar-refractivity contribution in [3.8, 4) is 0 Å². The van der Waals surface area contributed by atoms with Crippen LogP contribution >= 0.6 is 0 Å². The average molecular weight is 386 g/mol. The molecule has 1 spiro atoms. The normalized spacial score (nSPS) is 21.4. The number of carbonyl (C=O) groups excluding carboxylic acids is 2. The van der Waals surface area contributed by atoms with Crippen molar-refractivity contribution < 1.29 is 9.59 Å². The fourth-order valence-corrected chi connectivity index (χ4v) is 4.51. The van der Waals surface area contributed by atoms with E-state index < -0.39 is 0 Å². The van der Waals surface area contributed by atoms with Crippen molar-refractivity contribution in [1.29, 1.82) is 0 Å². The van der Waals surface area contributed by atoms with Crippen molar-refractivity contribution in [3.05, 3.63) is 35.9 Å². The molecule has 2 amide bonds. The zero-order valence-corrected chi connectivity index (χ0v) is 17.8. The summed E-state index contributed by atoms with van der Waals surface area (Å²) in [6.07, 6.45) is 0.591. The fourth-order valence-electron chi connectivity index (χ4n) is 4.51. The molecule has 28 heavy (non-hydrogen) atoms. The van der Waals surface area contributed by atoms with Crippen LogP contribution < -0.4 is 5.32 Å². The molecule has 2 aliphatic rings. The van der Waals surface area contributed by atoms with Gasteiger partial charge >= 0.3 is 0 Å². The highest BCUT2D eigenvalue weighted by Gasteiger charge is 2.57. The lowest BCUT2D eigenvalue weighted by Crippen LogP contribution is -2.64. The van der Waals surface area contributed by atoms with E-state index in [1.807, 2.05) is 11.0 Å². The maximum absolute atomic E-state index is 13.0. The number of nitrogens with one attached hydrogen (secondary N) is 1. The van der Waals surface area contributed by atoms with E-state index in [1.54, 1.807) is 0 Å². The smallest absolute Gasteiger partial charge is 0.225 e. The molecule has 2 fully saturated rings. The number of nitrogens with zero attached hydrogens (tertiary/aromatic N) is 2. The minimum atomic E-state index is -0.0948. The Morgan fingerprint density at radius 1 is 1.07 bits per heavy atom. The highest BCUT2D eigenvalue weighted by Crippen LogP contribution is 2.45. The van der Waals surface area contributed by atoms with Crippen LogP contribution in [-0.4, -0.2) is 54.3 Å². The molecule has 0 aromatic heterocycles. The second kappa shape index (κ2) is 8.64. The van der Waals surface area contributed by atoms with Crippen molar-refractivity contribution in [3.63, 3.8) is 0 Å². The lowest BCUT2D eigenvalue weighted by molar-refractivity contribution is -0.150. The summed E-state index contributed by atoms with van der Waals surface area (Å²) in [4.78, 5) is 29.8. The summed E-state index contributed by atoms with van der Waals surface area (Å²) in [5, 5.41) is 3.14. The van der Waals surface area contributed by atoms with Crippen molar-refractivity contribution in [2.75, 3.05) is 32.7 Å². The standard InChI is InChI=1S/C23H35N3O2/c1-17(2)10-21(27)26-15-23(16-26)14-25(12-19-8-6-5-7-9-19)13-20(23)22(28)24-11-18(3)4/h5-9,17-18,20H,10-16H2,1-4H3,(H,24,28). The predicted molar refractivity (Wildman–Crippen MR) is 112 cm³/mol. The summed E-state index contributed by atoms with van der Waals surface area (Å²) < 4.78 is 0. The molecule has 2 aliphatic heterocycles. The van der Waals surface area contributed by atoms with Crippen molar-refractivity contribution in [2.24, 2.45) is 23.2 Å². The molecule has 0 saturated carbocycles. The first-order valence-corrected chi connectivity index (χ1v) is 10.6. The zero-order valence-electron chi connectivity index (χ0n) is 17.8. The molecule has 0 aliphatic carbocycles. The largest absolute Gasteiger partial charge is 0.356 e. The third kappa shape index (κ3) is 4.75. The van der Waals surface area contributed by atoms with E-state index in [0.29, 0.717) is 37.9 Å². The minimum absolute atomic E-state index is 0.0435. The van der Waals surface area contributed by atoms with Gasteiger partial charge in [0, 0.05) is 51.1 Å². The minimum Gasteiger partial charge on any atom is -0.356 e. The Morgan fingerprint density at radius 3 is 2.36 bits per heavy atom. The monoisotopic (exact) mass is 385 g/mol. The van der Waals surface area contributed by atoms with E-state index in [9.17, 15) is 9.59 Å². The number of rotatable bonds is 7. The summed E-state index contributed by atoms with van der Waals surface area (Å²) in [5.41, 5.74) is 1.18. The Bertz CT molecular complexity index is 680. The Labute approximate surface area is 169 Å². The van der Waals surface area contributed by atoms with E-state index in [-0.39, 0.29) is 23.1 Å². The lowest BCUT2D eigenvalue weighted by Gasteiger charge is -2.50. The molecular formula is C23H35N3O2. The molecule has 1 aromatic rings. The number of hydrogen-bond donors (Lipinski definition) is 1. The van der Waals surface area contributed by atoms with Crippen LogP contribution in [0.5, 0.6) is 0 Å². The Kier molecular flexibility index (Phi) is 6.43. The van der Waals surface area contributed by atoms with Crippen LogP contribution in [0.4, 0.5) is 0 Å². The van der Waals surface area contributed by atoms with Gasteiger partial charge < -0.3 is 10.2 Å². The molecule has 0 radical (unpaired) electrons. The molecule has 154 valence electrons. The van der Waals surface area contributed by atoms with Gasteiger partial charge in [0.05, 0.1) is 5.92 Å². The third-order valence-electron chi connectivity index (χ3n) is 5.92. The van der Waals surface area contributed by atoms with Gasteiger partial charge in [-0.2, -0.15) is 0 Å². The van der Waals surface area contributed by atoms with Gasteiger partial charge in [-0.1, -0.05) is 58.0 Å². The molecular weight excluding hydrogens is 350 g/mol. The topological polar surface area (TPSA) is 52.7 Å². The van der Waals surface area contributed by atoms with Crippen LogP contribution in [0.1, 0.15) is 39.7 Å². The fraction of sp³-hybridized carbons (Fsp3) is 0.652. The Hall–Kier alpha value is -1.88. The quantitative estimate of drug-likeness (QED) is 0.785. The summed E-state index contributed by atoms with van der Waals surface area (Å²) in [6, 6.07) is 10.4. The SMILES string of the molecule is CC(C)CNC(=O)C1CN(Cc2ccccc2)CC12CN(C(=O)CC(C)C)C2. The highest BCUT2D eigenvalue weighted by atomic mass is 16.2. The first-order valence-electron chi connectivity index (χ1n) is 10.6. The molecule has 5 heteroatoms. The highest BCUT2D eigenvalue weighted by molar-refractivity contribution is 5.82. The van der Waals surface area contributed by atoms with Gasteiger partial charge in [0.1, 0.15) is 0 Å². The third-order valence-corrected chi connectivity index (χ3v) is 5.92.